The lowest BCUT2D eigenvalue weighted by atomic mass is 10.0. The number of likely N-dealkylation sites (N-methyl/N-ethyl adjacent to an activating group) is 2. The maximum Gasteiger partial charge on any atom is 0.204 e. The van der Waals surface area contributed by atoms with E-state index >= 15 is 0 Å². The summed E-state index contributed by atoms with van der Waals surface area (Å²) in [5.41, 5.74) is 5.49. The number of ketones is 1. The highest BCUT2D eigenvalue weighted by Gasteiger charge is 2.19. The summed E-state index contributed by atoms with van der Waals surface area (Å²) in [6, 6.07) is 15.7. The summed E-state index contributed by atoms with van der Waals surface area (Å²) in [7, 11) is 0. The van der Waals surface area contributed by atoms with E-state index in [9.17, 15) is 15.0 Å². The number of hydrogen-bond acceptors (Lipinski definition) is 8. The van der Waals surface area contributed by atoms with Gasteiger partial charge in [0.2, 0.25) is 5.78 Å². The molecule has 0 aliphatic heterocycles. The Balaban J connectivity index is 1.85. The third-order valence-electron chi connectivity index (χ3n) is 6.42. The van der Waals surface area contributed by atoms with E-state index in [0.717, 1.165) is 55.2 Å². The van der Waals surface area contributed by atoms with Crippen LogP contribution in [-0.4, -0.2) is 67.6 Å². The molecule has 0 aromatic heterocycles. The van der Waals surface area contributed by atoms with Crippen molar-refractivity contribution in [2.45, 2.75) is 33.6 Å². The molecule has 204 valence electrons. The lowest BCUT2D eigenvalue weighted by Crippen LogP contribution is -2.27. The number of aliphatic hydroxyl groups is 2. The fraction of sp³-hybridized carbons (Fsp3) is 0.400. The molecular weight excluding hydrogens is 478 g/mol. The predicted molar refractivity (Wildman–Crippen MR) is 158 cm³/mol. The van der Waals surface area contributed by atoms with Crippen LogP contribution >= 0.6 is 0 Å². The van der Waals surface area contributed by atoms with Crippen molar-refractivity contribution in [1.29, 1.82) is 0 Å². The minimum absolute atomic E-state index is 0.0978. The van der Waals surface area contributed by atoms with Gasteiger partial charge in [-0.25, -0.2) is 4.99 Å². The number of allylic oxidation sites excluding steroid dienone is 2. The van der Waals surface area contributed by atoms with Gasteiger partial charge in [0.25, 0.3) is 0 Å². The first-order chi connectivity index (χ1) is 18.5. The summed E-state index contributed by atoms with van der Waals surface area (Å²) in [5, 5.41) is 25.2. The van der Waals surface area contributed by atoms with Crippen LogP contribution in [0.15, 0.2) is 77.1 Å². The smallest absolute Gasteiger partial charge is 0.204 e. The number of nitrogens with one attached hydrogen (secondary N) is 2. The van der Waals surface area contributed by atoms with E-state index in [4.69, 9.17) is 4.99 Å². The molecule has 1 aliphatic carbocycles. The van der Waals surface area contributed by atoms with Gasteiger partial charge in [-0.15, -0.1) is 0 Å². The second-order valence-corrected chi connectivity index (χ2v) is 9.05. The van der Waals surface area contributed by atoms with Gasteiger partial charge >= 0.3 is 0 Å². The van der Waals surface area contributed by atoms with E-state index in [1.807, 2.05) is 48.5 Å². The summed E-state index contributed by atoms with van der Waals surface area (Å²) in [5.74, 6) is -0.111. The molecule has 1 aliphatic rings. The maximum atomic E-state index is 13.0. The van der Waals surface area contributed by atoms with Gasteiger partial charge in [0.05, 0.1) is 36.0 Å². The topological polar surface area (TPSA) is 100 Å². The van der Waals surface area contributed by atoms with Crippen molar-refractivity contribution < 1.29 is 15.0 Å². The highest BCUT2D eigenvalue weighted by molar-refractivity contribution is 6.23. The van der Waals surface area contributed by atoms with Crippen LogP contribution in [0.25, 0.3) is 0 Å². The summed E-state index contributed by atoms with van der Waals surface area (Å²) in [6.45, 7) is 9.97. The first kappa shape index (κ1) is 28.9. The molecule has 2 aromatic carbocycles. The molecule has 8 nitrogen and oxygen atoms in total. The monoisotopic (exact) mass is 519 g/mol. The quantitative estimate of drug-likeness (QED) is 0.206. The van der Waals surface area contributed by atoms with E-state index in [0.29, 0.717) is 30.2 Å². The molecule has 0 saturated carbocycles. The summed E-state index contributed by atoms with van der Waals surface area (Å²) < 4.78 is 0. The van der Waals surface area contributed by atoms with Gasteiger partial charge in [0.15, 0.2) is 0 Å². The molecule has 0 heterocycles. The van der Waals surface area contributed by atoms with Crippen LogP contribution in [-0.2, 0) is 4.79 Å². The van der Waals surface area contributed by atoms with Gasteiger partial charge in [-0.1, -0.05) is 13.3 Å². The fourth-order valence-electron chi connectivity index (χ4n) is 4.27. The molecule has 2 aromatic rings. The average Bonchev–Trinajstić information content (AvgIpc) is 2.94. The molecular formula is C30H41N5O3. The van der Waals surface area contributed by atoms with E-state index < -0.39 is 0 Å². The zero-order valence-corrected chi connectivity index (χ0v) is 22.8. The Bertz CT molecular complexity index is 1120. The van der Waals surface area contributed by atoms with E-state index in [1.54, 1.807) is 12.2 Å². The second kappa shape index (κ2) is 15.0. The van der Waals surface area contributed by atoms with Crippen LogP contribution in [0.1, 0.15) is 33.6 Å². The maximum absolute atomic E-state index is 13.0. The van der Waals surface area contributed by atoms with Gasteiger partial charge in [0.1, 0.15) is 0 Å². The molecule has 0 saturated heterocycles. The second-order valence-electron chi connectivity index (χ2n) is 9.05. The number of unbranched alkanes of at least 4 members (excludes halogenated alkanes) is 1. The minimum atomic E-state index is -0.111. The minimum Gasteiger partial charge on any atom is -0.395 e. The molecule has 0 unspecified atom stereocenters. The van der Waals surface area contributed by atoms with E-state index in [2.05, 4.69) is 41.2 Å². The third-order valence-corrected chi connectivity index (χ3v) is 6.42. The van der Waals surface area contributed by atoms with Gasteiger partial charge < -0.3 is 30.6 Å². The largest absolute Gasteiger partial charge is 0.395 e. The number of hydrogen-bond donors (Lipinski definition) is 4. The fourth-order valence-corrected chi connectivity index (χ4v) is 4.27. The molecule has 0 bridgehead atoms. The highest BCUT2D eigenvalue weighted by atomic mass is 16.3. The van der Waals surface area contributed by atoms with Gasteiger partial charge in [-0.2, -0.15) is 0 Å². The number of nitrogens with zero attached hydrogens (tertiary/aromatic N) is 3. The number of anilines is 3. The zero-order valence-electron chi connectivity index (χ0n) is 22.8. The number of carbonyl (C=O) groups is 1. The molecule has 8 heteroatoms. The van der Waals surface area contributed by atoms with Crippen molar-refractivity contribution >= 4 is 34.2 Å². The van der Waals surface area contributed by atoms with Crippen molar-refractivity contribution in [3.63, 3.8) is 0 Å². The number of rotatable bonds is 15. The van der Waals surface area contributed by atoms with Crippen LogP contribution in [0.2, 0.25) is 0 Å². The summed E-state index contributed by atoms with van der Waals surface area (Å²) in [4.78, 5) is 22.1. The Labute approximate surface area is 226 Å². The van der Waals surface area contributed by atoms with Crippen LogP contribution in [0.5, 0.6) is 0 Å². The molecule has 0 radical (unpaired) electrons. The van der Waals surface area contributed by atoms with Gasteiger partial charge in [-0.05, 0) is 74.9 Å². The van der Waals surface area contributed by atoms with Crippen LogP contribution in [0.4, 0.5) is 22.7 Å². The predicted octanol–water partition coefficient (Wildman–Crippen LogP) is 4.25. The lowest BCUT2D eigenvalue weighted by molar-refractivity contribution is -0.111. The van der Waals surface area contributed by atoms with Crippen LogP contribution < -0.4 is 20.4 Å². The molecule has 0 fully saturated rings. The summed E-state index contributed by atoms with van der Waals surface area (Å²) >= 11 is 0. The van der Waals surface area contributed by atoms with Crippen molar-refractivity contribution in [1.82, 2.24) is 5.32 Å². The average molecular weight is 520 g/mol. The molecule has 38 heavy (non-hydrogen) atoms. The van der Waals surface area contributed by atoms with Gasteiger partial charge in [0, 0.05) is 55.9 Å². The van der Waals surface area contributed by atoms with E-state index in [1.165, 1.54) is 0 Å². The number of benzene rings is 2. The Morgan fingerprint density at radius 1 is 0.789 bits per heavy atom. The van der Waals surface area contributed by atoms with E-state index in [-0.39, 0.29) is 19.0 Å². The first-order valence-electron chi connectivity index (χ1n) is 13.5. The lowest BCUT2D eigenvalue weighted by Gasteiger charge is -2.23. The van der Waals surface area contributed by atoms with Crippen molar-refractivity contribution in [2.75, 3.05) is 61.1 Å². The Kier molecular flexibility index (Phi) is 11.4. The van der Waals surface area contributed by atoms with Crippen LogP contribution in [0, 0.1) is 0 Å². The van der Waals surface area contributed by atoms with Crippen molar-refractivity contribution in [3.8, 4) is 0 Å². The molecule has 0 atom stereocenters. The highest BCUT2D eigenvalue weighted by Crippen LogP contribution is 2.24. The van der Waals surface area contributed by atoms with Crippen molar-refractivity contribution in [2.24, 2.45) is 4.99 Å². The standard InChI is InChI=1S/C30H41N5O3/c1-4-7-16-31-27-22-30(38)29(33-24-10-14-26(15-11-24)35(6-3)18-20-37)21-28(27)32-23-8-12-25(13-9-23)34(5-2)17-19-36/h8-15,21-22,31,33,36-37H,4-7,16-20H2,1-3H3. The molecule has 0 amide bonds. The first-order valence-corrected chi connectivity index (χ1v) is 13.5. The van der Waals surface area contributed by atoms with Crippen molar-refractivity contribution in [3.05, 3.63) is 72.1 Å². The number of carbonyl (C=O) groups excluding carboxylic acids is 1. The van der Waals surface area contributed by atoms with Crippen LogP contribution in [0.3, 0.4) is 0 Å². The number of aliphatic hydroxyl groups excluding tert-OH is 2. The Hall–Kier alpha value is -3.62. The van der Waals surface area contributed by atoms with Gasteiger partial charge in [-0.3, -0.25) is 4.79 Å². The molecule has 4 N–H and O–H groups in total. The normalized spacial score (nSPS) is 14.2. The number of aliphatic imine (C=N–C) groups is 1. The zero-order chi connectivity index (χ0) is 27.3. The summed E-state index contributed by atoms with van der Waals surface area (Å²) in [6.07, 6.45) is 5.46. The third kappa shape index (κ3) is 7.94. The molecule has 0 spiro atoms. The Morgan fingerprint density at radius 3 is 1.89 bits per heavy atom. The Morgan fingerprint density at radius 2 is 1.37 bits per heavy atom. The SMILES string of the molecule is CCCCNC1=CC(=O)C(Nc2ccc(N(CC)CCO)cc2)=CC1=Nc1ccc(N(CC)CCO)cc1. The molecule has 3 rings (SSSR count).